The Kier molecular flexibility index (Phi) is 6.26. The summed E-state index contributed by atoms with van der Waals surface area (Å²) in [4.78, 5) is 27.9. The van der Waals surface area contributed by atoms with E-state index in [0.29, 0.717) is 28.5 Å². The molecule has 0 aliphatic heterocycles. The molecule has 0 radical (unpaired) electrons. The highest BCUT2D eigenvalue weighted by molar-refractivity contribution is 6.30. The van der Waals surface area contributed by atoms with Gasteiger partial charge in [0.15, 0.2) is 12.4 Å². The van der Waals surface area contributed by atoms with E-state index in [1.165, 1.54) is 0 Å². The van der Waals surface area contributed by atoms with Crippen LogP contribution in [0.25, 0.3) is 10.9 Å². The third kappa shape index (κ3) is 4.87. The van der Waals surface area contributed by atoms with Gasteiger partial charge in [-0.05, 0) is 48.9 Å². The van der Waals surface area contributed by atoms with Gasteiger partial charge in [-0.15, -0.1) is 0 Å². The van der Waals surface area contributed by atoms with E-state index in [2.05, 4.69) is 4.98 Å². The quantitative estimate of drug-likeness (QED) is 0.322. The van der Waals surface area contributed by atoms with Gasteiger partial charge in [0.2, 0.25) is 0 Å². The van der Waals surface area contributed by atoms with Crippen LogP contribution in [0.1, 0.15) is 34.8 Å². The molecule has 3 aromatic rings. The topological polar surface area (TPSA) is 65.5 Å². The fourth-order valence-corrected chi connectivity index (χ4v) is 2.88. The summed E-state index contributed by atoms with van der Waals surface area (Å²) in [5.41, 5.74) is 3.15. The number of carbonyl (C=O) groups excluding carboxylic acids is 2. The van der Waals surface area contributed by atoms with Crippen molar-refractivity contribution in [2.75, 3.05) is 6.61 Å². The van der Waals surface area contributed by atoms with Crippen molar-refractivity contribution in [3.05, 3.63) is 70.4 Å². The van der Waals surface area contributed by atoms with Crippen molar-refractivity contribution in [1.29, 1.82) is 0 Å². The molecule has 0 unspecified atom stereocenters. The zero-order valence-corrected chi connectivity index (χ0v) is 16.5. The Morgan fingerprint density at radius 2 is 1.82 bits per heavy atom. The van der Waals surface area contributed by atoms with Gasteiger partial charge in [0.25, 0.3) is 0 Å². The van der Waals surface area contributed by atoms with Crippen molar-refractivity contribution in [2.24, 2.45) is 0 Å². The van der Waals surface area contributed by atoms with Gasteiger partial charge < -0.3 is 9.47 Å². The first-order valence-corrected chi connectivity index (χ1v) is 9.31. The van der Waals surface area contributed by atoms with Crippen LogP contribution in [0.2, 0.25) is 5.15 Å². The third-order valence-electron chi connectivity index (χ3n) is 4.24. The SMILES string of the molecule is CCC(=O)c1ccc(OCC(=O)OCc2cc3ccc(C)cc3nc2Cl)cc1. The second-order valence-corrected chi connectivity index (χ2v) is 6.74. The summed E-state index contributed by atoms with van der Waals surface area (Å²) in [6.45, 7) is 3.57. The maximum atomic E-state index is 12.0. The van der Waals surface area contributed by atoms with Gasteiger partial charge in [0.1, 0.15) is 17.5 Å². The average Bonchev–Trinajstić information content (AvgIpc) is 2.70. The number of ketones is 1. The highest BCUT2D eigenvalue weighted by atomic mass is 35.5. The van der Waals surface area contributed by atoms with Crippen LogP contribution in [-0.4, -0.2) is 23.3 Å². The molecule has 0 bridgehead atoms. The molecule has 0 aliphatic rings. The zero-order valence-electron chi connectivity index (χ0n) is 15.7. The molecule has 0 saturated heterocycles. The molecule has 1 heterocycles. The fraction of sp³-hybridized carbons (Fsp3) is 0.227. The normalized spacial score (nSPS) is 10.7. The van der Waals surface area contributed by atoms with Crippen LogP contribution < -0.4 is 4.74 Å². The summed E-state index contributed by atoms with van der Waals surface area (Å²) in [6, 6.07) is 14.4. The molecule has 2 aromatic carbocycles. The fourth-order valence-electron chi connectivity index (χ4n) is 2.68. The Labute approximate surface area is 168 Å². The number of Topliss-reactive ketones (excluding diaryl/α,β-unsaturated/α-hetero) is 1. The van der Waals surface area contributed by atoms with E-state index in [-0.39, 0.29) is 19.0 Å². The second kappa shape index (κ2) is 8.85. The van der Waals surface area contributed by atoms with Crippen LogP contribution in [0, 0.1) is 6.92 Å². The standard InChI is InChI=1S/C22H20ClNO4/c1-3-20(25)15-6-8-18(9-7-15)27-13-21(26)28-12-17-11-16-5-4-14(2)10-19(16)24-22(17)23/h4-11H,3,12-13H2,1-2H3. The zero-order chi connectivity index (χ0) is 20.1. The third-order valence-corrected chi connectivity index (χ3v) is 4.57. The van der Waals surface area contributed by atoms with Gasteiger partial charge in [-0.2, -0.15) is 0 Å². The molecule has 144 valence electrons. The van der Waals surface area contributed by atoms with E-state index in [0.717, 1.165) is 16.5 Å². The number of rotatable bonds is 7. The summed E-state index contributed by atoms with van der Waals surface area (Å²) in [7, 11) is 0. The van der Waals surface area contributed by atoms with E-state index in [1.54, 1.807) is 31.2 Å². The number of benzene rings is 2. The maximum absolute atomic E-state index is 12.0. The minimum Gasteiger partial charge on any atom is -0.482 e. The summed E-state index contributed by atoms with van der Waals surface area (Å²) in [5.74, 6) is 0.0288. The average molecular weight is 398 g/mol. The number of fused-ring (bicyclic) bond motifs is 1. The van der Waals surface area contributed by atoms with Crippen molar-refractivity contribution in [3.63, 3.8) is 0 Å². The number of pyridine rings is 1. The Morgan fingerprint density at radius 1 is 1.07 bits per heavy atom. The molecule has 28 heavy (non-hydrogen) atoms. The van der Waals surface area contributed by atoms with E-state index in [1.807, 2.05) is 31.2 Å². The van der Waals surface area contributed by atoms with Crippen LogP contribution in [0.3, 0.4) is 0 Å². The number of esters is 1. The van der Waals surface area contributed by atoms with Gasteiger partial charge in [-0.25, -0.2) is 9.78 Å². The monoisotopic (exact) mass is 397 g/mol. The Hall–Kier alpha value is -2.92. The lowest BCUT2D eigenvalue weighted by Crippen LogP contribution is -2.15. The molecule has 0 amide bonds. The predicted molar refractivity (Wildman–Crippen MR) is 108 cm³/mol. The molecule has 5 nitrogen and oxygen atoms in total. The molecular formula is C22H20ClNO4. The first-order chi connectivity index (χ1) is 13.5. The Morgan fingerprint density at radius 3 is 2.54 bits per heavy atom. The molecule has 0 saturated carbocycles. The van der Waals surface area contributed by atoms with Crippen molar-refractivity contribution >= 4 is 34.3 Å². The molecule has 0 N–H and O–H groups in total. The molecule has 6 heteroatoms. The number of ether oxygens (including phenoxy) is 2. The summed E-state index contributed by atoms with van der Waals surface area (Å²) < 4.78 is 10.6. The molecule has 1 aromatic heterocycles. The van der Waals surface area contributed by atoms with Crippen LogP contribution >= 0.6 is 11.6 Å². The second-order valence-electron chi connectivity index (χ2n) is 6.38. The van der Waals surface area contributed by atoms with E-state index >= 15 is 0 Å². The lowest BCUT2D eigenvalue weighted by atomic mass is 10.1. The summed E-state index contributed by atoms with van der Waals surface area (Å²) >= 11 is 6.20. The largest absolute Gasteiger partial charge is 0.482 e. The summed E-state index contributed by atoms with van der Waals surface area (Å²) in [5, 5.41) is 1.24. The van der Waals surface area contributed by atoms with Gasteiger partial charge >= 0.3 is 5.97 Å². The highest BCUT2D eigenvalue weighted by Crippen LogP contribution is 2.22. The van der Waals surface area contributed by atoms with Crippen molar-refractivity contribution in [3.8, 4) is 5.75 Å². The lowest BCUT2D eigenvalue weighted by molar-refractivity contribution is -0.147. The molecule has 3 rings (SSSR count). The van der Waals surface area contributed by atoms with E-state index in [4.69, 9.17) is 21.1 Å². The number of aromatic nitrogens is 1. The first kappa shape index (κ1) is 19.8. The predicted octanol–water partition coefficient (Wildman–Crippen LogP) is 4.91. The van der Waals surface area contributed by atoms with Crippen LogP contribution in [-0.2, 0) is 16.1 Å². The smallest absolute Gasteiger partial charge is 0.344 e. The number of carbonyl (C=O) groups is 2. The van der Waals surface area contributed by atoms with Crippen LogP contribution in [0.5, 0.6) is 5.75 Å². The van der Waals surface area contributed by atoms with Crippen molar-refractivity contribution in [2.45, 2.75) is 26.9 Å². The number of hydrogen-bond acceptors (Lipinski definition) is 5. The van der Waals surface area contributed by atoms with Gasteiger partial charge in [-0.3, -0.25) is 4.79 Å². The maximum Gasteiger partial charge on any atom is 0.344 e. The number of halogens is 1. The van der Waals surface area contributed by atoms with E-state index in [9.17, 15) is 9.59 Å². The Bertz CT molecular complexity index is 1010. The van der Waals surface area contributed by atoms with Gasteiger partial charge in [0, 0.05) is 22.9 Å². The minimum absolute atomic E-state index is 0.0157. The van der Waals surface area contributed by atoms with E-state index < -0.39 is 5.97 Å². The number of aryl methyl sites for hydroxylation is 1. The molecular weight excluding hydrogens is 378 g/mol. The highest BCUT2D eigenvalue weighted by Gasteiger charge is 2.10. The van der Waals surface area contributed by atoms with Gasteiger partial charge in [0.05, 0.1) is 5.52 Å². The lowest BCUT2D eigenvalue weighted by Gasteiger charge is -2.09. The minimum atomic E-state index is -0.520. The van der Waals surface area contributed by atoms with Crippen LogP contribution in [0.15, 0.2) is 48.5 Å². The number of hydrogen-bond donors (Lipinski definition) is 0. The van der Waals surface area contributed by atoms with Crippen molar-refractivity contribution < 1.29 is 19.1 Å². The number of nitrogens with zero attached hydrogens (tertiary/aromatic N) is 1. The van der Waals surface area contributed by atoms with Crippen LogP contribution in [0.4, 0.5) is 0 Å². The molecule has 0 atom stereocenters. The first-order valence-electron chi connectivity index (χ1n) is 8.93. The molecule has 0 fully saturated rings. The Balaban J connectivity index is 1.55. The molecule has 0 spiro atoms. The van der Waals surface area contributed by atoms with Gasteiger partial charge in [-0.1, -0.05) is 30.7 Å². The summed E-state index contributed by atoms with van der Waals surface area (Å²) in [6.07, 6.45) is 0.443. The van der Waals surface area contributed by atoms with Crippen molar-refractivity contribution in [1.82, 2.24) is 4.98 Å². The molecule has 0 aliphatic carbocycles.